The van der Waals surface area contributed by atoms with Crippen molar-refractivity contribution >= 4 is 87.5 Å². The molecule has 0 bridgehead atoms. The molecule has 14 aromatic rings. The van der Waals surface area contributed by atoms with Crippen LogP contribution in [0.15, 0.2) is 209 Å². The van der Waals surface area contributed by atoms with Gasteiger partial charge in [0.1, 0.15) is 22.3 Å². The number of fused-ring (bicyclic) bond motifs is 13. The molecule has 0 unspecified atom stereocenters. The van der Waals surface area contributed by atoms with Gasteiger partial charge in [0.05, 0.1) is 27.8 Å². The average molecular weight is 820 g/mol. The molecule has 0 aliphatic carbocycles. The lowest BCUT2D eigenvalue weighted by molar-refractivity contribution is 0.668. The maximum Gasteiger partial charge on any atom is 0.238 e. The van der Waals surface area contributed by atoms with Gasteiger partial charge in [0.15, 0.2) is 11.6 Å². The van der Waals surface area contributed by atoms with Crippen molar-refractivity contribution in [1.29, 1.82) is 0 Å². The fourth-order valence-electron chi connectivity index (χ4n) is 9.95. The SMILES string of the molecule is c1ccc(-c2ccc3oc4cc(-n5c6ccccc6c6ccc7c8ccccc8n(-c8nc(-c9ccccc9)nc(-c9cccc%10oc%11ccccc%11c9%10)n8)c7c65)ccc4c3c2)cc1. The van der Waals surface area contributed by atoms with Gasteiger partial charge in [-0.3, -0.25) is 4.57 Å². The summed E-state index contributed by atoms with van der Waals surface area (Å²) in [4.78, 5) is 16.0. The van der Waals surface area contributed by atoms with E-state index in [-0.39, 0.29) is 0 Å². The molecule has 0 amide bonds. The van der Waals surface area contributed by atoms with E-state index in [4.69, 9.17) is 23.8 Å². The van der Waals surface area contributed by atoms with Crippen molar-refractivity contribution in [3.63, 3.8) is 0 Å². The van der Waals surface area contributed by atoms with Crippen LogP contribution >= 0.6 is 0 Å². The lowest BCUT2D eigenvalue weighted by Gasteiger charge is -2.13. The third kappa shape index (κ3) is 5.06. The van der Waals surface area contributed by atoms with E-state index >= 15 is 0 Å². The second kappa shape index (κ2) is 13.3. The first kappa shape index (κ1) is 34.9. The Labute approximate surface area is 364 Å². The number of rotatable bonds is 5. The molecule has 9 aromatic carbocycles. The van der Waals surface area contributed by atoms with E-state index in [1.54, 1.807) is 0 Å². The van der Waals surface area contributed by atoms with Gasteiger partial charge in [0.25, 0.3) is 0 Å². The van der Waals surface area contributed by atoms with Gasteiger partial charge in [-0.1, -0.05) is 146 Å². The molecule has 64 heavy (non-hydrogen) atoms. The molecule has 5 heterocycles. The van der Waals surface area contributed by atoms with Crippen molar-refractivity contribution in [3.05, 3.63) is 200 Å². The standard InChI is InChI=1S/C57H33N5O2/c1-3-14-34(15-4-1)36-26-31-49-45(32-36)40-28-27-37(33-51(40)64-49)61-46-22-10-7-18-38(46)41-29-30-42-39-19-8-11-23-47(39)62(54(42)53(41)61)57-59-55(35-16-5-2-6-17-35)58-56(60-57)44-21-13-25-50-52(44)43-20-9-12-24-48(43)63-50/h1-33H. The molecule has 298 valence electrons. The van der Waals surface area contributed by atoms with Crippen molar-refractivity contribution in [2.45, 2.75) is 0 Å². The molecule has 0 saturated carbocycles. The number of furan rings is 2. The van der Waals surface area contributed by atoms with Crippen LogP contribution in [0.25, 0.3) is 133 Å². The van der Waals surface area contributed by atoms with Crippen LogP contribution in [0.2, 0.25) is 0 Å². The maximum atomic E-state index is 6.64. The fourth-order valence-corrected chi connectivity index (χ4v) is 9.95. The molecule has 0 aliphatic heterocycles. The van der Waals surface area contributed by atoms with Crippen molar-refractivity contribution in [2.24, 2.45) is 0 Å². The van der Waals surface area contributed by atoms with Crippen LogP contribution in [0.1, 0.15) is 0 Å². The summed E-state index contributed by atoms with van der Waals surface area (Å²) in [6.45, 7) is 0. The van der Waals surface area contributed by atoms with Gasteiger partial charge < -0.3 is 13.4 Å². The van der Waals surface area contributed by atoms with Crippen LogP contribution in [-0.4, -0.2) is 24.1 Å². The number of benzene rings is 9. The zero-order valence-electron chi connectivity index (χ0n) is 34.1. The summed E-state index contributed by atoms with van der Waals surface area (Å²) in [6, 6.07) is 69.6. The molecule has 0 atom stereocenters. The first-order valence-corrected chi connectivity index (χ1v) is 21.4. The van der Waals surface area contributed by atoms with E-state index in [1.165, 1.54) is 5.56 Å². The number of hydrogen-bond donors (Lipinski definition) is 0. The van der Waals surface area contributed by atoms with Crippen molar-refractivity contribution in [3.8, 4) is 45.5 Å². The van der Waals surface area contributed by atoms with Crippen molar-refractivity contribution < 1.29 is 8.83 Å². The lowest BCUT2D eigenvalue weighted by atomic mass is 10.0. The summed E-state index contributed by atoms with van der Waals surface area (Å²) in [5.41, 5.74) is 12.5. The average Bonchev–Trinajstić information content (AvgIpc) is 4.11. The molecule has 7 heteroatoms. The van der Waals surface area contributed by atoms with Gasteiger partial charge in [0, 0.05) is 60.3 Å². The minimum Gasteiger partial charge on any atom is -0.456 e. The Morgan fingerprint density at radius 3 is 1.70 bits per heavy atom. The van der Waals surface area contributed by atoms with Crippen LogP contribution in [0.4, 0.5) is 0 Å². The van der Waals surface area contributed by atoms with Crippen LogP contribution < -0.4 is 0 Å². The Bertz CT molecular complexity index is 4200. The normalized spacial score (nSPS) is 12.1. The zero-order valence-corrected chi connectivity index (χ0v) is 34.1. The summed E-state index contributed by atoms with van der Waals surface area (Å²) in [5, 5.41) is 8.61. The smallest absolute Gasteiger partial charge is 0.238 e. The van der Waals surface area contributed by atoms with Crippen LogP contribution in [0.3, 0.4) is 0 Å². The number of para-hydroxylation sites is 3. The molecular weight excluding hydrogens is 787 g/mol. The van der Waals surface area contributed by atoms with E-state index in [0.29, 0.717) is 17.6 Å². The fraction of sp³-hybridized carbons (Fsp3) is 0. The van der Waals surface area contributed by atoms with Crippen LogP contribution in [0, 0.1) is 0 Å². The second-order valence-corrected chi connectivity index (χ2v) is 16.3. The molecule has 0 spiro atoms. The Balaban J connectivity index is 1.07. The summed E-state index contributed by atoms with van der Waals surface area (Å²) < 4.78 is 17.6. The third-order valence-corrected chi connectivity index (χ3v) is 12.8. The predicted molar refractivity (Wildman–Crippen MR) is 259 cm³/mol. The molecule has 0 fully saturated rings. The first-order chi connectivity index (χ1) is 31.7. The number of hydrogen-bond acceptors (Lipinski definition) is 5. The first-order valence-electron chi connectivity index (χ1n) is 21.4. The van der Waals surface area contributed by atoms with Gasteiger partial charge >= 0.3 is 0 Å². The minimum absolute atomic E-state index is 0.520. The molecule has 0 radical (unpaired) electrons. The third-order valence-electron chi connectivity index (χ3n) is 12.8. The van der Waals surface area contributed by atoms with E-state index in [9.17, 15) is 0 Å². The van der Waals surface area contributed by atoms with Gasteiger partial charge in [0.2, 0.25) is 5.95 Å². The maximum absolute atomic E-state index is 6.64. The molecule has 0 saturated heterocycles. The molecule has 14 rings (SSSR count). The zero-order chi connectivity index (χ0) is 41.9. The molecule has 0 aliphatic rings. The van der Waals surface area contributed by atoms with E-state index in [2.05, 4.69) is 155 Å². The van der Waals surface area contributed by atoms with E-state index in [0.717, 1.165) is 110 Å². The van der Waals surface area contributed by atoms with Gasteiger partial charge in [-0.15, -0.1) is 0 Å². The summed E-state index contributed by atoms with van der Waals surface area (Å²) in [7, 11) is 0. The number of nitrogens with zero attached hydrogens (tertiary/aromatic N) is 5. The van der Waals surface area contributed by atoms with E-state index in [1.807, 2.05) is 54.6 Å². The highest BCUT2D eigenvalue weighted by molar-refractivity contribution is 6.24. The highest BCUT2D eigenvalue weighted by atomic mass is 16.3. The molecule has 0 N–H and O–H groups in total. The highest BCUT2D eigenvalue weighted by Gasteiger charge is 2.25. The topological polar surface area (TPSA) is 74.8 Å². The summed E-state index contributed by atoms with van der Waals surface area (Å²) in [6.07, 6.45) is 0. The van der Waals surface area contributed by atoms with Crippen LogP contribution in [0.5, 0.6) is 0 Å². The summed E-state index contributed by atoms with van der Waals surface area (Å²) >= 11 is 0. The summed E-state index contributed by atoms with van der Waals surface area (Å²) in [5.74, 6) is 1.66. The van der Waals surface area contributed by atoms with Crippen molar-refractivity contribution in [2.75, 3.05) is 0 Å². The van der Waals surface area contributed by atoms with Crippen molar-refractivity contribution in [1.82, 2.24) is 24.1 Å². The van der Waals surface area contributed by atoms with Gasteiger partial charge in [-0.25, -0.2) is 4.98 Å². The molecular formula is C57H33N5O2. The second-order valence-electron chi connectivity index (χ2n) is 16.3. The van der Waals surface area contributed by atoms with Gasteiger partial charge in [-0.05, 0) is 59.7 Å². The van der Waals surface area contributed by atoms with E-state index < -0.39 is 0 Å². The Hall–Kier alpha value is -8.81. The minimum atomic E-state index is 0.520. The van der Waals surface area contributed by atoms with Crippen LogP contribution in [-0.2, 0) is 0 Å². The lowest BCUT2D eigenvalue weighted by Crippen LogP contribution is -2.07. The molecule has 7 nitrogen and oxygen atoms in total. The predicted octanol–water partition coefficient (Wildman–Crippen LogP) is 14.9. The molecule has 5 aromatic heterocycles. The Morgan fingerprint density at radius 2 is 0.922 bits per heavy atom. The monoisotopic (exact) mass is 819 g/mol. The quantitative estimate of drug-likeness (QED) is 0.173. The highest BCUT2D eigenvalue weighted by Crippen LogP contribution is 2.43. The largest absolute Gasteiger partial charge is 0.456 e. The number of aromatic nitrogens is 5. The Morgan fingerprint density at radius 1 is 0.328 bits per heavy atom. The van der Waals surface area contributed by atoms with Gasteiger partial charge in [-0.2, -0.15) is 9.97 Å². The Kier molecular flexibility index (Phi) is 7.27.